The van der Waals surface area contributed by atoms with Crippen LogP contribution in [0, 0.1) is 15.9 Å². The number of carbonyl (C=O) groups is 1. The van der Waals surface area contributed by atoms with E-state index < -0.39 is 27.9 Å². The van der Waals surface area contributed by atoms with Crippen LogP contribution < -0.4 is 5.32 Å². The van der Waals surface area contributed by atoms with Crippen molar-refractivity contribution in [3.8, 4) is 0 Å². The molecule has 1 heterocycles. The minimum atomic E-state index is -1.07. The molecule has 1 aromatic carbocycles. The fourth-order valence-electron chi connectivity index (χ4n) is 2.07. The molecule has 2 rings (SSSR count). The summed E-state index contributed by atoms with van der Waals surface area (Å²) in [7, 11) is 0. The van der Waals surface area contributed by atoms with Crippen molar-refractivity contribution < 1.29 is 24.0 Å². The average molecular weight is 298 g/mol. The number of benzene rings is 1. The monoisotopic (exact) mass is 298 g/mol. The van der Waals surface area contributed by atoms with E-state index in [0.717, 1.165) is 12.1 Å². The highest BCUT2D eigenvalue weighted by molar-refractivity contribution is 5.94. The lowest BCUT2D eigenvalue weighted by Crippen LogP contribution is -2.46. The number of nitro benzene ring substituents is 1. The van der Waals surface area contributed by atoms with Crippen molar-refractivity contribution in [3.05, 3.63) is 39.7 Å². The third-order valence-electron chi connectivity index (χ3n) is 3.41. The minimum absolute atomic E-state index is 0.0216. The van der Waals surface area contributed by atoms with Gasteiger partial charge in [-0.25, -0.2) is 0 Å². The first-order valence-corrected chi connectivity index (χ1v) is 6.44. The number of halogens is 1. The quantitative estimate of drug-likeness (QED) is 0.638. The fraction of sp³-hybridized carbons (Fsp3) is 0.462. The van der Waals surface area contributed by atoms with E-state index in [1.165, 1.54) is 6.07 Å². The maximum absolute atomic E-state index is 13.4. The van der Waals surface area contributed by atoms with E-state index in [1.807, 2.05) is 0 Å². The SMILES string of the molecule is O=C(NCC1(O)CCOCC1)c1ccc([N+](=O)[O-])c(F)c1. The van der Waals surface area contributed by atoms with Gasteiger partial charge in [0.05, 0.1) is 10.5 Å². The summed E-state index contributed by atoms with van der Waals surface area (Å²) in [6.45, 7) is 0.852. The van der Waals surface area contributed by atoms with Crippen molar-refractivity contribution in [2.75, 3.05) is 19.8 Å². The standard InChI is InChI=1S/C13H15FN2O5/c14-10-7-9(1-2-11(10)16(19)20)12(17)15-8-13(18)3-5-21-6-4-13/h1-2,7,18H,3-6,8H2,(H,15,17). The van der Waals surface area contributed by atoms with Crippen LogP contribution in [0.25, 0.3) is 0 Å². The molecule has 8 heteroatoms. The summed E-state index contributed by atoms with van der Waals surface area (Å²) in [4.78, 5) is 21.5. The number of nitrogens with zero attached hydrogens (tertiary/aromatic N) is 1. The second-order valence-electron chi connectivity index (χ2n) is 4.94. The number of aliphatic hydroxyl groups is 1. The smallest absolute Gasteiger partial charge is 0.304 e. The molecule has 21 heavy (non-hydrogen) atoms. The zero-order chi connectivity index (χ0) is 15.5. The predicted octanol–water partition coefficient (Wildman–Crippen LogP) is 1.01. The normalized spacial score (nSPS) is 17.2. The molecule has 1 amide bonds. The average Bonchev–Trinajstić information content (AvgIpc) is 2.45. The highest BCUT2D eigenvalue weighted by atomic mass is 19.1. The van der Waals surface area contributed by atoms with Crippen LogP contribution in [-0.4, -0.2) is 41.3 Å². The molecule has 0 bridgehead atoms. The highest BCUT2D eigenvalue weighted by Crippen LogP contribution is 2.20. The van der Waals surface area contributed by atoms with Crippen LogP contribution in [0.3, 0.4) is 0 Å². The Bertz CT molecular complexity index is 557. The minimum Gasteiger partial charge on any atom is -0.388 e. The molecule has 1 aliphatic heterocycles. The molecule has 1 aliphatic rings. The van der Waals surface area contributed by atoms with Gasteiger partial charge in [-0.3, -0.25) is 14.9 Å². The largest absolute Gasteiger partial charge is 0.388 e. The lowest BCUT2D eigenvalue weighted by atomic mass is 9.94. The van der Waals surface area contributed by atoms with Gasteiger partial charge in [0.15, 0.2) is 0 Å². The molecule has 114 valence electrons. The Kier molecular flexibility index (Phi) is 4.49. The second kappa shape index (κ2) is 6.15. The second-order valence-corrected chi connectivity index (χ2v) is 4.94. The molecule has 0 aromatic heterocycles. The summed E-state index contributed by atoms with van der Waals surface area (Å²) in [6.07, 6.45) is 0.809. The van der Waals surface area contributed by atoms with Gasteiger partial charge in [0, 0.05) is 44.2 Å². The predicted molar refractivity (Wildman–Crippen MR) is 70.4 cm³/mol. The van der Waals surface area contributed by atoms with Gasteiger partial charge in [-0.15, -0.1) is 0 Å². The van der Waals surface area contributed by atoms with Gasteiger partial charge in [0.2, 0.25) is 5.82 Å². The number of carbonyl (C=O) groups excluding carboxylic acids is 1. The van der Waals surface area contributed by atoms with Crippen molar-refractivity contribution >= 4 is 11.6 Å². The van der Waals surface area contributed by atoms with Crippen LogP contribution in [0.1, 0.15) is 23.2 Å². The molecular weight excluding hydrogens is 283 g/mol. The van der Waals surface area contributed by atoms with E-state index in [9.17, 15) is 24.4 Å². The molecule has 1 fully saturated rings. The molecule has 1 saturated heterocycles. The molecular formula is C13H15FN2O5. The van der Waals surface area contributed by atoms with Crippen molar-refractivity contribution in [1.29, 1.82) is 0 Å². The number of rotatable bonds is 4. The molecule has 0 radical (unpaired) electrons. The van der Waals surface area contributed by atoms with Crippen LogP contribution in [0.15, 0.2) is 18.2 Å². The zero-order valence-corrected chi connectivity index (χ0v) is 11.2. The van der Waals surface area contributed by atoms with Gasteiger partial charge >= 0.3 is 5.69 Å². The van der Waals surface area contributed by atoms with Gasteiger partial charge in [-0.1, -0.05) is 0 Å². The van der Waals surface area contributed by atoms with E-state index in [-0.39, 0.29) is 12.1 Å². The van der Waals surface area contributed by atoms with Crippen molar-refractivity contribution in [2.24, 2.45) is 0 Å². The van der Waals surface area contributed by atoms with E-state index in [1.54, 1.807) is 0 Å². The number of amides is 1. The van der Waals surface area contributed by atoms with Crippen LogP contribution in [0.5, 0.6) is 0 Å². The molecule has 0 saturated carbocycles. The van der Waals surface area contributed by atoms with Crippen LogP contribution in [0.4, 0.5) is 10.1 Å². The lowest BCUT2D eigenvalue weighted by Gasteiger charge is -2.32. The molecule has 1 aromatic rings. The van der Waals surface area contributed by atoms with E-state index in [4.69, 9.17) is 4.74 Å². The maximum atomic E-state index is 13.4. The summed E-state index contributed by atoms with van der Waals surface area (Å²) < 4.78 is 18.6. The number of ether oxygens (including phenoxy) is 1. The Morgan fingerprint density at radius 1 is 1.48 bits per heavy atom. The molecule has 0 spiro atoms. The van der Waals surface area contributed by atoms with Gasteiger partial charge in [0.1, 0.15) is 0 Å². The summed E-state index contributed by atoms with van der Waals surface area (Å²) >= 11 is 0. The van der Waals surface area contributed by atoms with E-state index >= 15 is 0 Å². The summed E-state index contributed by atoms with van der Waals surface area (Å²) in [5, 5.41) is 23.2. The summed E-state index contributed by atoms with van der Waals surface area (Å²) in [5.41, 5.74) is -1.75. The Balaban J connectivity index is 2.00. The van der Waals surface area contributed by atoms with E-state index in [2.05, 4.69) is 5.32 Å². The number of hydrogen-bond donors (Lipinski definition) is 2. The highest BCUT2D eigenvalue weighted by Gasteiger charge is 2.30. The van der Waals surface area contributed by atoms with Crippen molar-refractivity contribution in [2.45, 2.75) is 18.4 Å². The Morgan fingerprint density at radius 3 is 2.71 bits per heavy atom. The van der Waals surface area contributed by atoms with Gasteiger partial charge in [-0.2, -0.15) is 4.39 Å². The molecule has 7 nitrogen and oxygen atoms in total. The van der Waals surface area contributed by atoms with Gasteiger partial charge in [0.25, 0.3) is 5.91 Å². The molecule has 0 aliphatic carbocycles. The van der Waals surface area contributed by atoms with E-state index in [0.29, 0.717) is 26.1 Å². The van der Waals surface area contributed by atoms with Crippen LogP contribution in [0.2, 0.25) is 0 Å². The third kappa shape index (κ3) is 3.73. The van der Waals surface area contributed by atoms with Crippen LogP contribution >= 0.6 is 0 Å². The van der Waals surface area contributed by atoms with Gasteiger partial charge in [-0.05, 0) is 12.1 Å². The third-order valence-corrected chi connectivity index (χ3v) is 3.41. The number of hydrogen-bond acceptors (Lipinski definition) is 5. The van der Waals surface area contributed by atoms with Crippen molar-refractivity contribution in [1.82, 2.24) is 5.32 Å². The molecule has 2 N–H and O–H groups in total. The Labute approximate surface area is 119 Å². The van der Waals surface area contributed by atoms with Crippen molar-refractivity contribution in [3.63, 3.8) is 0 Å². The first-order chi connectivity index (χ1) is 9.91. The lowest BCUT2D eigenvalue weighted by molar-refractivity contribution is -0.387. The topological polar surface area (TPSA) is 102 Å². The van der Waals surface area contributed by atoms with Gasteiger partial charge < -0.3 is 15.2 Å². The molecule has 0 atom stereocenters. The first kappa shape index (κ1) is 15.3. The Hall–Kier alpha value is -2.06. The number of nitrogens with one attached hydrogen (secondary N) is 1. The summed E-state index contributed by atoms with van der Waals surface area (Å²) in [5.74, 6) is -1.67. The fourth-order valence-corrected chi connectivity index (χ4v) is 2.07. The number of nitro groups is 1. The zero-order valence-electron chi connectivity index (χ0n) is 11.2. The first-order valence-electron chi connectivity index (χ1n) is 6.44. The molecule has 0 unspecified atom stereocenters. The maximum Gasteiger partial charge on any atom is 0.304 e. The van der Waals surface area contributed by atoms with Crippen LogP contribution in [-0.2, 0) is 4.74 Å². The Morgan fingerprint density at radius 2 is 2.14 bits per heavy atom. The summed E-state index contributed by atoms with van der Waals surface area (Å²) in [6, 6.07) is 2.92.